The molecule has 0 bridgehead atoms. The fourth-order valence-corrected chi connectivity index (χ4v) is 3.08. The van der Waals surface area contributed by atoms with Gasteiger partial charge in [0.15, 0.2) is 0 Å². The number of benzene rings is 1. The van der Waals surface area contributed by atoms with Gasteiger partial charge < -0.3 is 4.52 Å². The van der Waals surface area contributed by atoms with E-state index in [2.05, 4.69) is 40.9 Å². The van der Waals surface area contributed by atoms with Gasteiger partial charge in [0.1, 0.15) is 5.82 Å². The summed E-state index contributed by atoms with van der Waals surface area (Å²) >= 11 is 3.37. The Kier molecular flexibility index (Phi) is 4.07. The van der Waals surface area contributed by atoms with Crippen molar-refractivity contribution in [1.29, 1.82) is 0 Å². The first-order valence-corrected chi connectivity index (χ1v) is 8.25. The van der Waals surface area contributed by atoms with Crippen molar-refractivity contribution < 1.29 is 8.91 Å². The SMILES string of the molecule is Fc1ccc(Br)cc1CN1CC(c2nc(-c3ncccn3)no2)C1. The lowest BCUT2D eigenvalue weighted by molar-refractivity contribution is 0.116. The Labute approximate surface area is 145 Å². The molecule has 4 rings (SSSR count). The van der Waals surface area contributed by atoms with Crippen molar-refractivity contribution in [3.8, 4) is 11.6 Å². The highest BCUT2D eigenvalue weighted by molar-refractivity contribution is 9.10. The van der Waals surface area contributed by atoms with Crippen molar-refractivity contribution in [1.82, 2.24) is 25.0 Å². The summed E-state index contributed by atoms with van der Waals surface area (Å²) in [4.78, 5) is 14.7. The topological polar surface area (TPSA) is 67.9 Å². The minimum Gasteiger partial charge on any atom is -0.338 e. The van der Waals surface area contributed by atoms with E-state index in [1.54, 1.807) is 30.6 Å². The Balaban J connectivity index is 1.39. The second-order valence-electron chi connectivity index (χ2n) is 5.66. The van der Waals surface area contributed by atoms with Crippen LogP contribution in [-0.4, -0.2) is 38.1 Å². The third-order valence-electron chi connectivity index (χ3n) is 3.92. The third-order valence-corrected chi connectivity index (χ3v) is 4.41. The minimum absolute atomic E-state index is 0.158. The number of rotatable bonds is 4. The van der Waals surface area contributed by atoms with E-state index < -0.39 is 0 Å². The average molecular weight is 390 g/mol. The summed E-state index contributed by atoms with van der Waals surface area (Å²) < 4.78 is 20.0. The molecular formula is C16H13BrFN5O. The van der Waals surface area contributed by atoms with Gasteiger partial charge in [0.05, 0.1) is 5.92 Å². The van der Waals surface area contributed by atoms with Crippen molar-refractivity contribution >= 4 is 15.9 Å². The maximum atomic E-state index is 13.8. The average Bonchev–Trinajstić information content (AvgIpc) is 3.04. The number of halogens is 2. The largest absolute Gasteiger partial charge is 0.338 e. The molecular weight excluding hydrogens is 377 g/mol. The third kappa shape index (κ3) is 3.07. The molecule has 24 heavy (non-hydrogen) atoms. The second kappa shape index (κ2) is 6.37. The maximum Gasteiger partial charge on any atom is 0.240 e. The Morgan fingerprint density at radius 1 is 1.21 bits per heavy atom. The zero-order valence-electron chi connectivity index (χ0n) is 12.6. The van der Waals surface area contributed by atoms with Gasteiger partial charge in [0.25, 0.3) is 0 Å². The van der Waals surface area contributed by atoms with Gasteiger partial charge in [-0.15, -0.1) is 0 Å². The highest BCUT2D eigenvalue weighted by Gasteiger charge is 2.33. The molecule has 1 aliphatic heterocycles. The molecule has 8 heteroatoms. The van der Waals surface area contributed by atoms with Crippen molar-refractivity contribution in [2.24, 2.45) is 0 Å². The molecule has 0 atom stereocenters. The van der Waals surface area contributed by atoms with Gasteiger partial charge in [-0.2, -0.15) is 4.98 Å². The van der Waals surface area contributed by atoms with E-state index in [4.69, 9.17) is 4.52 Å². The zero-order chi connectivity index (χ0) is 16.5. The van der Waals surface area contributed by atoms with E-state index >= 15 is 0 Å². The minimum atomic E-state index is -0.192. The van der Waals surface area contributed by atoms with Gasteiger partial charge in [-0.3, -0.25) is 4.90 Å². The highest BCUT2D eigenvalue weighted by atomic mass is 79.9. The van der Waals surface area contributed by atoms with E-state index in [0.29, 0.717) is 29.6 Å². The standard InChI is InChI=1S/C16H13BrFN5O/c17-12-2-3-13(18)10(6-12)7-23-8-11(9-23)16-21-15(22-24-16)14-19-4-1-5-20-14/h1-6,11H,7-9H2. The molecule has 0 radical (unpaired) electrons. The van der Waals surface area contributed by atoms with Crippen molar-refractivity contribution in [3.63, 3.8) is 0 Å². The van der Waals surface area contributed by atoms with Crippen LogP contribution in [0.25, 0.3) is 11.6 Å². The molecule has 2 aromatic heterocycles. The maximum absolute atomic E-state index is 13.8. The summed E-state index contributed by atoms with van der Waals surface area (Å²) in [7, 11) is 0. The van der Waals surface area contributed by atoms with E-state index in [-0.39, 0.29) is 11.7 Å². The number of likely N-dealkylation sites (tertiary alicyclic amines) is 1. The highest BCUT2D eigenvalue weighted by Crippen LogP contribution is 2.29. The zero-order valence-corrected chi connectivity index (χ0v) is 14.1. The fourth-order valence-electron chi connectivity index (χ4n) is 2.67. The molecule has 0 unspecified atom stereocenters. The lowest BCUT2D eigenvalue weighted by atomic mass is 9.99. The Morgan fingerprint density at radius 3 is 2.79 bits per heavy atom. The Hall–Kier alpha value is -2.19. The molecule has 1 fully saturated rings. The van der Waals surface area contributed by atoms with Crippen LogP contribution in [0, 0.1) is 5.82 Å². The first-order valence-electron chi connectivity index (χ1n) is 7.46. The quantitative estimate of drug-likeness (QED) is 0.682. The summed E-state index contributed by atoms with van der Waals surface area (Å²) in [6.45, 7) is 2.07. The van der Waals surface area contributed by atoms with Crippen LogP contribution < -0.4 is 0 Å². The molecule has 0 saturated carbocycles. The molecule has 1 aliphatic rings. The normalized spacial score (nSPS) is 15.4. The molecule has 0 amide bonds. The van der Waals surface area contributed by atoms with Crippen LogP contribution in [0.1, 0.15) is 17.4 Å². The van der Waals surface area contributed by atoms with Gasteiger partial charge in [-0.25, -0.2) is 14.4 Å². The summed E-state index contributed by atoms with van der Waals surface area (Å²) in [5.74, 6) is 1.37. The smallest absolute Gasteiger partial charge is 0.240 e. The van der Waals surface area contributed by atoms with E-state index in [9.17, 15) is 4.39 Å². The van der Waals surface area contributed by atoms with Crippen LogP contribution in [0.5, 0.6) is 0 Å². The predicted molar refractivity (Wildman–Crippen MR) is 87.4 cm³/mol. The van der Waals surface area contributed by atoms with Gasteiger partial charge in [0.2, 0.25) is 17.5 Å². The fraction of sp³-hybridized carbons (Fsp3) is 0.250. The number of aromatic nitrogens is 4. The Morgan fingerprint density at radius 2 is 2.00 bits per heavy atom. The number of hydrogen-bond donors (Lipinski definition) is 0. The summed E-state index contributed by atoms with van der Waals surface area (Å²) in [6, 6.07) is 6.71. The second-order valence-corrected chi connectivity index (χ2v) is 6.57. The van der Waals surface area contributed by atoms with Crippen LogP contribution in [0.15, 0.2) is 45.7 Å². The molecule has 0 N–H and O–H groups in total. The number of hydrogen-bond acceptors (Lipinski definition) is 6. The predicted octanol–water partition coefficient (Wildman–Crippen LogP) is 3.03. The summed E-state index contributed by atoms with van der Waals surface area (Å²) in [6.07, 6.45) is 3.27. The lowest BCUT2D eigenvalue weighted by Gasteiger charge is -2.37. The van der Waals surface area contributed by atoms with Gasteiger partial charge in [-0.05, 0) is 24.3 Å². The van der Waals surface area contributed by atoms with Crippen molar-refractivity contribution in [2.75, 3.05) is 13.1 Å². The van der Waals surface area contributed by atoms with E-state index in [1.165, 1.54) is 6.07 Å². The van der Waals surface area contributed by atoms with E-state index in [0.717, 1.165) is 17.6 Å². The number of nitrogens with zero attached hydrogens (tertiary/aromatic N) is 5. The monoisotopic (exact) mass is 389 g/mol. The van der Waals surface area contributed by atoms with Gasteiger partial charge >= 0.3 is 0 Å². The van der Waals surface area contributed by atoms with Crippen molar-refractivity contribution in [2.45, 2.75) is 12.5 Å². The Bertz CT molecular complexity index is 851. The molecule has 0 aliphatic carbocycles. The molecule has 1 aromatic carbocycles. The van der Waals surface area contributed by atoms with Crippen LogP contribution in [-0.2, 0) is 6.54 Å². The first kappa shape index (κ1) is 15.3. The molecule has 122 valence electrons. The molecule has 0 spiro atoms. The molecule has 3 aromatic rings. The van der Waals surface area contributed by atoms with Crippen LogP contribution in [0.2, 0.25) is 0 Å². The summed E-state index contributed by atoms with van der Waals surface area (Å²) in [5.41, 5.74) is 0.673. The lowest BCUT2D eigenvalue weighted by Crippen LogP contribution is -2.44. The van der Waals surface area contributed by atoms with E-state index in [1.807, 2.05) is 0 Å². The van der Waals surface area contributed by atoms with Crippen molar-refractivity contribution in [3.05, 3.63) is 58.4 Å². The molecule has 6 nitrogen and oxygen atoms in total. The van der Waals surface area contributed by atoms with Gasteiger partial charge in [-0.1, -0.05) is 21.1 Å². The van der Waals surface area contributed by atoms with Crippen LogP contribution in [0.3, 0.4) is 0 Å². The molecule has 3 heterocycles. The van der Waals surface area contributed by atoms with Gasteiger partial charge in [0, 0.05) is 42.1 Å². The molecule has 1 saturated heterocycles. The summed E-state index contributed by atoms with van der Waals surface area (Å²) in [5, 5.41) is 3.93. The van der Waals surface area contributed by atoms with Crippen LogP contribution >= 0.6 is 15.9 Å². The first-order chi connectivity index (χ1) is 11.7. The van der Waals surface area contributed by atoms with Crippen LogP contribution in [0.4, 0.5) is 4.39 Å².